The highest BCUT2D eigenvalue weighted by atomic mass is 35.5. The van der Waals surface area contributed by atoms with Gasteiger partial charge in [0.2, 0.25) is 5.95 Å². The van der Waals surface area contributed by atoms with Gasteiger partial charge in [0, 0.05) is 26.2 Å². The van der Waals surface area contributed by atoms with Crippen molar-refractivity contribution in [1.29, 1.82) is 0 Å². The fourth-order valence-corrected chi connectivity index (χ4v) is 3.48. The van der Waals surface area contributed by atoms with E-state index in [4.69, 9.17) is 27.9 Å². The van der Waals surface area contributed by atoms with E-state index >= 15 is 0 Å². The van der Waals surface area contributed by atoms with E-state index in [-0.39, 0.29) is 18.0 Å². The van der Waals surface area contributed by atoms with Crippen molar-refractivity contribution in [1.82, 2.24) is 24.6 Å². The first-order valence-corrected chi connectivity index (χ1v) is 9.79. The highest BCUT2D eigenvalue weighted by Crippen LogP contribution is 2.22. The summed E-state index contributed by atoms with van der Waals surface area (Å²) >= 11 is 12.0. The summed E-state index contributed by atoms with van der Waals surface area (Å²) in [6, 6.07) is 5.37. The van der Waals surface area contributed by atoms with Gasteiger partial charge in [0.05, 0.1) is 36.0 Å². The van der Waals surface area contributed by atoms with E-state index in [1.54, 1.807) is 23.0 Å². The zero-order valence-corrected chi connectivity index (χ0v) is 17.9. The molecule has 0 aliphatic carbocycles. The van der Waals surface area contributed by atoms with Gasteiger partial charge in [0.1, 0.15) is 5.52 Å². The summed E-state index contributed by atoms with van der Waals surface area (Å²) in [6.45, 7) is 5.19. The van der Waals surface area contributed by atoms with Gasteiger partial charge in [-0.3, -0.25) is 19.4 Å². The third kappa shape index (κ3) is 5.21. The summed E-state index contributed by atoms with van der Waals surface area (Å²) in [5.41, 5.74) is 1.75. The van der Waals surface area contributed by atoms with Crippen molar-refractivity contribution in [2.24, 2.45) is 0 Å². The van der Waals surface area contributed by atoms with Crippen LogP contribution in [0.15, 0.2) is 29.2 Å². The molecule has 1 fully saturated rings. The molecule has 8 nitrogen and oxygen atoms in total. The SMILES string of the molecule is Cl.O=c1[nH]c(NCc2ccc(Cl)c(Cl)c2)nc2cnn(CCN3CCOCC3)c12. The number of morpholine rings is 1. The van der Waals surface area contributed by atoms with Gasteiger partial charge in [0.15, 0.2) is 5.52 Å². The van der Waals surface area contributed by atoms with Gasteiger partial charge in [-0.25, -0.2) is 4.98 Å². The molecule has 11 heteroatoms. The molecule has 0 unspecified atom stereocenters. The molecule has 0 amide bonds. The van der Waals surface area contributed by atoms with Crippen molar-refractivity contribution in [3.8, 4) is 0 Å². The van der Waals surface area contributed by atoms with Crippen LogP contribution in [-0.4, -0.2) is 57.5 Å². The zero-order chi connectivity index (χ0) is 19.5. The topological polar surface area (TPSA) is 88.1 Å². The van der Waals surface area contributed by atoms with Crippen molar-refractivity contribution < 1.29 is 4.74 Å². The molecule has 3 heterocycles. The molecule has 0 spiro atoms. The second-order valence-corrected chi connectivity index (χ2v) is 7.39. The average molecular weight is 460 g/mol. The Bertz CT molecular complexity index is 1030. The Balaban J connectivity index is 0.00000240. The maximum atomic E-state index is 12.6. The maximum Gasteiger partial charge on any atom is 0.278 e. The van der Waals surface area contributed by atoms with Gasteiger partial charge in [0.25, 0.3) is 5.56 Å². The van der Waals surface area contributed by atoms with Gasteiger partial charge in [-0.2, -0.15) is 5.10 Å². The van der Waals surface area contributed by atoms with Crippen molar-refractivity contribution in [3.05, 3.63) is 50.4 Å². The monoisotopic (exact) mass is 458 g/mol. The lowest BCUT2D eigenvalue weighted by Gasteiger charge is -2.26. The Kier molecular flexibility index (Phi) is 7.37. The molecule has 0 saturated carbocycles. The lowest BCUT2D eigenvalue weighted by molar-refractivity contribution is 0.0361. The van der Waals surface area contributed by atoms with Crippen molar-refractivity contribution in [3.63, 3.8) is 0 Å². The number of H-pyrrole nitrogens is 1. The minimum Gasteiger partial charge on any atom is -0.379 e. The molecule has 2 aromatic heterocycles. The number of ether oxygens (including phenoxy) is 1. The molecule has 3 aromatic rings. The fourth-order valence-electron chi connectivity index (χ4n) is 3.16. The number of benzene rings is 1. The maximum absolute atomic E-state index is 12.6. The van der Waals surface area contributed by atoms with Crippen molar-refractivity contribution in [2.45, 2.75) is 13.1 Å². The Morgan fingerprint density at radius 3 is 2.72 bits per heavy atom. The molecule has 1 aliphatic heterocycles. The molecular weight excluding hydrogens is 439 g/mol. The van der Waals surface area contributed by atoms with E-state index in [0.29, 0.717) is 40.1 Å². The van der Waals surface area contributed by atoms with Gasteiger partial charge in [-0.1, -0.05) is 29.3 Å². The summed E-state index contributed by atoms with van der Waals surface area (Å²) in [4.78, 5) is 22.1. The van der Waals surface area contributed by atoms with E-state index in [2.05, 4.69) is 25.3 Å². The number of aromatic amines is 1. The van der Waals surface area contributed by atoms with Gasteiger partial charge in [-0.15, -0.1) is 12.4 Å². The summed E-state index contributed by atoms with van der Waals surface area (Å²) in [5.74, 6) is 0.385. The van der Waals surface area contributed by atoms with Crippen LogP contribution in [0.1, 0.15) is 5.56 Å². The van der Waals surface area contributed by atoms with E-state index in [1.165, 1.54) is 0 Å². The largest absolute Gasteiger partial charge is 0.379 e. The highest BCUT2D eigenvalue weighted by molar-refractivity contribution is 6.42. The molecule has 2 N–H and O–H groups in total. The number of anilines is 1. The lowest BCUT2D eigenvalue weighted by atomic mass is 10.2. The van der Waals surface area contributed by atoms with Crippen LogP contribution < -0.4 is 10.9 Å². The average Bonchev–Trinajstić information content (AvgIpc) is 3.12. The van der Waals surface area contributed by atoms with Crippen LogP contribution in [0.5, 0.6) is 0 Å². The summed E-state index contributed by atoms with van der Waals surface area (Å²) in [6.07, 6.45) is 1.62. The summed E-state index contributed by atoms with van der Waals surface area (Å²) in [5, 5.41) is 8.43. The number of halogens is 3. The number of nitrogens with one attached hydrogen (secondary N) is 2. The van der Waals surface area contributed by atoms with E-state index < -0.39 is 0 Å². The Morgan fingerprint density at radius 1 is 1.17 bits per heavy atom. The van der Waals surface area contributed by atoms with Crippen molar-refractivity contribution in [2.75, 3.05) is 38.2 Å². The number of rotatable bonds is 6. The highest BCUT2D eigenvalue weighted by Gasteiger charge is 2.14. The normalized spacial score (nSPS) is 14.7. The Hall–Kier alpha value is -1.84. The van der Waals surface area contributed by atoms with Crippen molar-refractivity contribution >= 4 is 52.6 Å². The number of nitrogens with zero attached hydrogens (tertiary/aromatic N) is 4. The quantitative estimate of drug-likeness (QED) is 0.589. The standard InChI is InChI=1S/C18H20Cl2N6O2.ClH/c19-13-2-1-12(9-14(13)20)10-21-18-23-15-11-22-26(16(15)17(27)24-18)4-3-25-5-7-28-8-6-25;/h1-2,9,11H,3-8,10H2,(H2,21,23,24,27);1H. The first-order valence-electron chi connectivity index (χ1n) is 9.04. The molecule has 29 heavy (non-hydrogen) atoms. The minimum atomic E-state index is -0.221. The van der Waals surface area contributed by atoms with Crippen LogP contribution >= 0.6 is 35.6 Å². The molecule has 4 rings (SSSR count). The Morgan fingerprint density at radius 2 is 1.97 bits per heavy atom. The lowest BCUT2D eigenvalue weighted by Crippen LogP contribution is -2.38. The zero-order valence-electron chi connectivity index (χ0n) is 15.5. The van der Waals surface area contributed by atoms with Gasteiger partial charge < -0.3 is 10.1 Å². The first-order chi connectivity index (χ1) is 13.6. The molecule has 1 saturated heterocycles. The summed E-state index contributed by atoms with van der Waals surface area (Å²) in [7, 11) is 0. The third-order valence-electron chi connectivity index (χ3n) is 4.68. The predicted octanol–water partition coefficient (Wildman–Crippen LogP) is 2.79. The van der Waals surface area contributed by atoms with Crippen LogP contribution in [0.25, 0.3) is 11.0 Å². The second-order valence-electron chi connectivity index (χ2n) is 6.57. The van der Waals surface area contributed by atoms with Crippen LogP contribution in [0.3, 0.4) is 0 Å². The summed E-state index contributed by atoms with van der Waals surface area (Å²) < 4.78 is 7.06. The molecule has 156 valence electrons. The third-order valence-corrected chi connectivity index (χ3v) is 5.41. The fraction of sp³-hybridized carbons (Fsp3) is 0.389. The molecular formula is C18H21Cl3N6O2. The minimum absolute atomic E-state index is 0. The second kappa shape index (κ2) is 9.77. The number of hydrogen-bond acceptors (Lipinski definition) is 6. The van der Waals surface area contributed by atoms with Crippen LogP contribution in [0.2, 0.25) is 10.0 Å². The van der Waals surface area contributed by atoms with Crippen LogP contribution in [-0.2, 0) is 17.8 Å². The van der Waals surface area contributed by atoms with E-state index in [1.807, 2.05) is 6.07 Å². The molecule has 1 aliphatic rings. The number of hydrogen-bond donors (Lipinski definition) is 2. The van der Waals surface area contributed by atoms with Gasteiger partial charge in [-0.05, 0) is 17.7 Å². The predicted molar refractivity (Wildman–Crippen MR) is 116 cm³/mol. The van der Waals surface area contributed by atoms with Crippen LogP contribution in [0.4, 0.5) is 5.95 Å². The molecule has 0 atom stereocenters. The molecule has 1 aromatic carbocycles. The molecule has 0 radical (unpaired) electrons. The van der Waals surface area contributed by atoms with E-state index in [0.717, 1.165) is 38.4 Å². The Labute approximate surface area is 183 Å². The van der Waals surface area contributed by atoms with Gasteiger partial charge >= 0.3 is 0 Å². The number of fused-ring (bicyclic) bond motifs is 1. The van der Waals surface area contributed by atoms with Crippen LogP contribution in [0, 0.1) is 0 Å². The smallest absolute Gasteiger partial charge is 0.278 e. The van der Waals surface area contributed by atoms with E-state index in [9.17, 15) is 4.79 Å². The number of aromatic nitrogens is 4. The molecule has 0 bridgehead atoms. The first kappa shape index (κ1) is 21.9.